The summed E-state index contributed by atoms with van der Waals surface area (Å²) < 4.78 is 63.4. The van der Waals surface area contributed by atoms with Crippen molar-refractivity contribution < 1.29 is 36.9 Å². The maximum atomic E-state index is 11.3. The standard InChI is InChI=1S/C18H15O6PS2.2K.2H2O/c19-26(20,21)17-10-6-15(7-11-17)25(14-4-2-1-3-5-14)16-8-12-18(13-9-16)27(22,23)24;;;;/h1-13H,(H,19,20,21)(H,22,23,24);;;2*1H2. The molecule has 13 heteroatoms. The summed E-state index contributed by atoms with van der Waals surface area (Å²) in [5, 5.41) is 2.62. The molecule has 0 aliphatic heterocycles. The van der Waals surface area contributed by atoms with E-state index < -0.39 is 28.2 Å². The minimum absolute atomic E-state index is 0. The molecule has 3 aromatic rings. The van der Waals surface area contributed by atoms with Crippen LogP contribution in [0.25, 0.3) is 0 Å². The van der Waals surface area contributed by atoms with E-state index in [9.17, 15) is 16.8 Å². The van der Waals surface area contributed by atoms with Gasteiger partial charge in [-0.3, -0.25) is 9.11 Å². The van der Waals surface area contributed by atoms with Crippen LogP contribution in [0.5, 0.6) is 0 Å². The molecule has 3 aromatic carbocycles. The number of benzene rings is 3. The van der Waals surface area contributed by atoms with E-state index in [1.54, 1.807) is 24.3 Å². The van der Waals surface area contributed by atoms with Gasteiger partial charge in [0.05, 0.1) is 9.79 Å². The Morgan fingerprint density at radius 3 is 1.10 bits per heavy atom. The smallest absolute Gasteiger partial charge is 0.294 e. The van der Waals surface area contributed by atoms with E-state index in [1.165, 1.54) is 24.3 Å². The molecule has 0 heterocycles. The van der Waals surface area contributed by atoms with Gasteiger partial charge < -0.3 is 11.0 Å². The monoisotopic (exact) mass is 536 g/mol. The Kier molecular flexibility index (Phi) is 16.0. The second-order valence-corrected chi connectivity index (χ2v) is 10.7. The van der Waals surface area contributed by atoms with Crippen molar-refractivity contribution in [3.63, 3.8) is 0 Å². The predicted octanol–water partition coefficient (Wildman–Crippen LogP) is -0.473. The van der Waals surface area contributed by atoms with Crippen molar-refractivity contribution >= 4 is 147 Å². The van der Waals surface area contributed by atoms with Gasteiger partial charge in [0.15, 0.2) is 0 Å². The van der Waals surface area contributed by atoms with E-state index in [4.69, 9.17) is 9.11 Å². The SMILES string of the molecule is O.O.O=S(=O)(O)c1ccc(P(c2ccccc2)c2ccc(S(=O)(=O)O)cc2)cc1.[K].[K]. The molecule has 0 spiro atoms. The third kappa shape index (κ3) is 9.34. The Labute approximate surface area is 267 Å². The van der Waals surface area contributed by atoms with Crippen LogP contribution in [0.4, 0.5) is 0 Å². The van der Waals surface area contributed by atoms with Crippen LogP contribution >= 0.6 is 7.92 Å². The van der Waals surface area contributed by atoms with Crippen molar-refractivity contribution in [2.24, 2.45) is 0 Å². The van der Waals surface area contributed by atoms with Gasteiger partial charge in [0.25, 0.3) is 20.2 Å². The zero-order valence-corrected chi connectivity index (χ0v) is 25.6. The molecule has 0 aromatic heterocycles. The molecular weight excluding hydrogens is 517 g/mol. The molecule has 31 heavy (non-hydrogen) atoms. The van der Waals surface area contributed by atoms with Crippen LogP contribution in [-0.4, -0.2) is 140 Å². The van der Waals surface area contributed by atoms with Gasteiger partial charge in [-0.25, -0.2) is 0 Å². The molecule has 6 N–H and O–H groups in total. The van der Waals surface area contributed by atoms with Crippen molar-refractivity contribution in [1.29, 1.82) is 0 Å². The molecule has 2 radical (unpaired) electrons. The van der Waals surface area contributed by atoms with Crippen LogP contribution in [0.1, 0.15) is 0 Å². The van der Waals surface area contributed by atoms with Crippen LogP contribution in [0.2, 0.25) is 0 Å². The topological polar surface area (TPSA) is 172 Å². The molecule has 0 atom stereocenters. The summed E-state index contributed by atoms with van der Waals surface area (Å²) in [4.78, 5) is -0.396. The van der Waals surface area contributed by atoms with E-state index in [0.717, 1.165) is 15.9 Å². The zero-order chi connectivity index (χ0) is 19.7. The molecule has 3 rings (SSSR count). The van der Waals surface area contributed by atoms with Gasteiger partial charge in [-0.1, -0.05) is 54.6 Å². The Bertz CT molecular complexity index is 1080. The first-order valence-corrected chi connectivity index (χ1v) is 11.9. The number of rotatable bonds is 5. The average molecular weight is 537 g/mol. The molecular formula is C18H19K2O8PS2. The Balaban J connectivity index is 0. The van der Waals surface area contributed by atoms with Crippen molar-refractivity contribution in [2.45, 2.75) is 9.79 Å². The molecule has 0 aliphatic rings. The summed E-state index contributed by atoms with van der Waals surface area (Å²) in [6.45, 7) is 0. The van der Waals surface area contributed by atoms with Crippen LogP contribution in [0.3, 0.4) is 0 Å². The molecule has 0 fully saturated rings. The van der Waals surface area contributed by atoms with Crippen LogP contribution in [0, 0.1) is 0 Å². The van der Waals surface area contributed by atoms with Crippen LogP contribution < -0.4 is 15.9 Å². The molecule has 158 valence electrons. The molecule has 0 saturated heterocycles. The van der Waals surface area contributed by atoms with Crippen molar-refractivity contribution in [2.75, 3.05) is 0 Å². The molecule has 0 saturated carbocycles. The summed E-state index contributed by atoms with van der Waals surface area (Å²) in [5.74, 6) is 0. The first kappa shape index (κ1) is 34.3. The molecule has 0 aliphatic carbocycles. The minimum atomic E-state index is -4.28. The first-order chi connectivity index (χ1) is 12.7. The summed E-state index contributed by atoms with van der Waals surface area (Å²) in [7, 11) is -9.66. The third-order valence-corrected chi connectivity index (χ3v) is 7.98. The predicted molar refractivity (Wildman–Crippen MR) is 124 cm³/mol. The third-order valence-electron chi connectivity index (χ3n) is 3.80. The quantitative estimate of drug-likeness (QED) is 0.253. The van der Waals surface area contributed by atoms with Crippen LogP contribution in [-0.2, 0) is 20.2 Å². The summed E-state index contributed by atoms with van der Waals surface area (Å²) in [6.07, 6.45) is 0. The summed E-state index contributed by atoms with van der Waals surface area (Å²) >= 11 is 0. The Hall–Kier alpha value is 1.10. The van der Waals surface area contributed by atoms with Gasteiger partial charge in [0.1, 0.15) is 0 Å². The minimum Gasteiger partial charge on any atom is -0.412 e. The van der Waals surface area contributed by atoms with Crippen molar-refractivity contribution in [1.82, 2.24) is 0 Å². The van der Waals surface area contributed by atoms with Gasteiger partial charge in [-0.15, -0.1) is 0 Å². The largest absolute Gasteiger partial charge is 0.412 e. The summed E-state index contributed by atoms with van der Waals surface area (Å²) in [6, 6.07) is 21.3. The fourth-order valence-corrected chi connectivity index (χ4v) is 5.78. The molecule has 0 unspecified atom stereocenters. The molecule has 0 amide bonds. The first-order valence-electron chi connectivity index (χ1n) is 7.66. The van der Waals surface area contributed by atoms with Gasteiger partial charge in [0.2, 0.25) is 0 Å². The summed E-state index contributed by atoms with van der Waals surface area (Å²) in [5.41, 5.74) is 0. The van der Waals surface area contributed by atoms with E-state index in [0.29, 0.717) is 0 Å². The second kappa shape index (κ2) is 14.5. The Morgan fingerprint density at radius 1 is 0.516 bits per heavy atom. The second-order valence-electron chi connectivity index (χ2n) is 5.61. The van der Waals surface area contributed by atoms with E-state index >= 15 is 0 Å². The fourth-order valence-electron chi connectivity index (χ4n) is 2.56. The van der Waals surface area contributed by atoms with Crippen LogP contribution in [0.15, 0.2) is 88.7 Å². The normalized spacial score (nSPS) is 10.7. The van der Waals surface area contributed by atoms with E-state index in [2.05, 4.69) is 0 Å². The van der Waals surface area contributed by atoms with Crippen molar-refractivity contribution in [3.05, 3.63) is 78.9 Å². The number of hydrogen-bond acceptors (Lipinski definition) is 4. The van der Waals surface area contributed by atoms with Gasteiger partial charge >= 0.3 is 0 Å². The Morgan fingerprint density at radius 2 is 0.806 bits per heavy atom. The zero-order valence-electron chi connectivity index (χ0n) is 16.8. The van der Waals surface area contributed by atoms with E-state index in [-0.39, 0.29) is 124 Å². The molecule has 0 bridgehead atoms. The van der Waals surface area contributed by atoms with Crippen molar-refractivity contribution in [3.8, 4) is 0 Å². The molecule has 8 nitrogen and oxygen atoms in total. The average Bonchev–Trinajstić information content (AvgIpc) is 2.62. The van der Waals surface area contributed by atoms with Gasteiger partial charge in [0, 0.05) is 103 Å². The fraction of sp³-hybridized carbons (Fsp3) is 0. The maximum absolute atomic E-state index is 11.3. The maximum Gasteiger partial charge on any atom is 0.294 e. The van der Waals surface area contributed by atoms with E-state index in [1.807, 2.05) is 30.3 Å². The van der Waals surface area contributed by atoms with Gasteiger partial charge in [-0.2, -0.15) is 16.8 Å². The number of hydrogen-bond donors (Lipinski definition) is 2. The van der Waals surface area contributed by atoms with Gasteiger partial charge in [-0.05, 0) is 48.1 Å².